The van der Waals surface area contributed by atoms with E-state index < -0.39 is 11.4 Å². The second kappa shape index (κ2) is 5.27. The summed E-state index contributed by atoms with van der Waals surface area (Å²) in [6.45, 7) is 3.64. The molecule has 1 aromatic rings. The van der Waals surface area contributed by atoms with E-state index in [1.165, 1.54) is 19.2 Å². The number of ether oxygens (including phenoxy) is 1. The number of hydrogen-bond donors (Lipinski definition) is 1. The minimum absolute atomic E-state index is 0.00412. The molecule has 17 heavy (non-hydrogen) atoms. The molecule has 0 heterocycles. The van der Waals surface area contributed by atoms with Gasteiger partial charge in [0.25, 0.3) is 0 Å². The Morgan fingerprint density at radius 1 is 1.41 bits per heavy atom. The molecule has 1 rings (SSSR count). The quantitative estimate of drug-likeness (QED) is 0.803. The third kappa shape index (κ3) is 2.47. The smallest absolute Gasteiger partial charge is 0.185 e. The molecule has 0 fully saturated rings. The van der Waals surface area contributed by atoms with E-state index in [9.17, 15) is 9.18 Å². The summed E-state index contributed by atoms with van der Waals surface area (Å²) in [6.07, 6.45) is 0.942. The lowest BCUT2D eigenvalue weighted by atomic mass is 9.85. The van der Waals surface area contributed by atoms with Crippen LogP contribution in [0.15, 0.2) is 18.2 Å². The van der Waals surface area contributed by atoms with Gasteiger partial charge in [0.05, 0.1) is 18.2 Å². The van der Waals surface area contributed by atoms with E-state index in [1.54, 1.807) is 6.07 Å². The van der Waals surface area contributed by atoms with Crippen molar-refractivity contribution in [3.8, 4) is 5.75 Å². The molecule has 0 saturated heterocycles. The lowest BCUT2D eigenvalue weighted by molar-refractivity contribution is 0.0874. The first-order chi connectivity index (χ1) is 8.00. The highest BCUT2D eigenvalue weighted by molar-refractivity contribution is 6.03. The number of carbonyl (C=O) groups is 1. The molecule has 0 aliphatic heterocycles. The summed E-state index contributed by atoms with van der Waals surface area (Å²) in [7, 11) is 1.36. The topological polar surface area (TPSA) is 52.3 Å². The van der Waals surface area contributed by atoms with Crippen LogP contribution in [0.1, 0.15) is 37.0 Å². The molecule has 0 spiro atoms. The van der Waals surface area contributed by atoms with Crippen molar-refractivity contribution in [3.05, 3.63) is 29.6 Å². The number of benzene rings is 1. The Balaban J connectivity index is 3.21. The molecular formula is C13H18FNO2. The van der Waals surface area contributed by atoms with E-state index in [4.69, 9.17) is 10.5 Å². The molecule has 0 amide bonds. The number of hydrogen-bond acceptors (Lipinski definition) is 3. The van der Waals surface area contributed by atoms with Crippen LogP contribution in [0.3, 0.4) is 0 Å². The summed E-state index contributed by atoms with van der Waals surface area (Å²) in [5.74, 6) is -0.957. The standard InChI is InChI=1S/C13H18FNO2/c1-4-13(15,5-2)12(16)9-7-6-8-10(17-3)11(9)14/h6-8H,4-5,15H2,1-3H3. The van der Waals surface area contributed by atoms with Gasteiger partial charge in [-0.15, -0.1) is 0 Å². The van der Waals surface area contributed by atoms with Crippen molar-refractivity contribution in [2.45, 2.75) is 32.2 Å². The molecule has 0 aromatic heterocycles. The van der Waals surface area contributed by atoms with Gasteiger partial charge in [0.2, 0.25) is 0 Å². The van der Waals surface area contributed by atoms with Gasteiger partial charge in [0, 0.05) is 0 Å². The number of Topliss-reactive ketones (excluding diaryl/α,β-unsaturated/α-hetero) is 1. The van der Waals surface area contributed by atoms with Crippen LogP contribution in [0.2, 0.25) is 0 Å². The zero-order valence-electron chi connectivity index (χ0n) is 10.4. The molecule has 0 aliphatic rings. The first-order valence-corrected chi connectivity index (χ1v) is 5.66. The molecule has 0 radical (unpaired) electrons. The number of halogens is 1. The molecule has 3 nitrogen and oxygen atoms in total. The Kier molecular flexibility index (Phi) is 4.23. The minimum Gasteiger partial charge on any atom is -0.494 e. The van der Waals surface area contributed by atoms with Crippen molar-refractivity contribution in [1.29, 1.82) is 0 Å². The van der Waals surface area contributed by atoms with Crippen molar-refractivity contribution in [1.82, 2.24) is 0 Å². The SMILES string of the molecule is CCC(N)(CC)C(=O)c1cccc(OC)c1F. The van der Waals surface area contributed by atoms with E-state index in [-0.39, 0.29) is 17.1 Å². The first kappa shape index (κ1) is 13.6. The van der Waals surface area contributed by atoms with Crippen LogP contribution in [0.25, 0.3) is 0 Å². The van der Waals surface area contributed by atoms with E-state index >= 15 is 0 Å². The number of rotatable bonds is 5. The Hall–Kier alpha value is -1.42. The van der Waals surface area contributed by atoms with Gasteiger partial charge >= 0.3 is 0 Å². The Morgan fingerprint density at radius 3 is 2.47 bits per heavy atom. The Labute approximate surface area is 101 Å². The molecule has 0 bridgehead atoms. The van der Waals surface area contributed by atoms with Gasteiger partial charge in [-0.25, -0.2) is 4.39 Å². The van der Waals surface area contributed by atoms with Gasteiger partial charge in [0.15, 0.2) is 17.3 Å². The largest absolute Gasteiger partial charge is 0.494 e. The molecule has 0 aliphatic carbocycles. The number of ketones is 1. The van der Waals surface area contributed by atoms with Gasteiger partial charge in [-0.1, -0.05) is 19.9 Å². The second-order valence-corrected chi connectivity index (χ2v) is 4.01. The van der Waals surface area contributed by atoms with Crippen LogP contribution in [0.5, 0.6) is 5.75 Å². The highest BCUT2D eigenvalue weighted by atomic mass is 19.1. The monoisotopic (exact) mass is 239 g/mol. The minimum atomic E-state index is -1.01. The lowest BCUT2D eigenvalue weighted by Gasteiger charge is -2.25. The number of nitrogens with two attached hydrogens (primary N) is 1. The van der Waals surface area contributed by atoms with Crippen LogP contribution in [-0.4, -0.2) is 18.4 Å². The van der Waals surface area contributed by atoms with E-state index in [2.05, 4.69) is 0 Å². The molecule has 4 heteroatoms. The third-order valence-electron chi connectivity index (χ3n) is 3.14. The van der Waals surface area contributed by atoms with Crippen LogP contribution >= 0.6 is 0 Å². The van der Waals surface area contributed by atoms with E-state index in [1.807, 2.05) is 13.8 Å². The summed E-state index contributed by atoms with van der Waals surface area (Å²) in [5, 5.41) is 0. The predicted octanol–water partition coefficient (Wildman–Crippen LogP) is 2.53. The van der Waals surface area contributed by atoms with Crippen molar-refractivity contribution >= 4 is 5.78 Å². The van der Waals surface area contributed by atoms with Crippen LogP contribution in [0.4, 0.5) is 4.39 Å². The van der Waals surface area contributed by atoms with Crippen LogP contribution < -0.4 is 10.5 Å². The predicted molar refractivity (Wildman–Crippen MR) is 64.8 cm³/mol. The summed E-state index contributed by atoms with van der Waals surface area (Å²) < 4.78 is 18.8. The molecule has 2 N–H and O–H groups in total. The maximum absolute atomic E-state index is 13.9. The lowest BCUT2D eigenvalue weighted by Crippen LogP contribution is -2.47. The first-order valence-electron chi connectivity index (χ1n) is 5.66. The molecular weight excluding hydrogens is 221 g/mol. The van der Waals surface area contributed by atoms with Gasteiger partial charge < -0.3 is 10.5 Å². The third-order valence-corrected chi connectivity index (χ3v) is 3.14. The fourth-order valence-electron chi connectivity index (χ4n) is 1.68. The van der Waals surface area contributed by atoms with Crippen molar-refractivity contribution in [3.63, 3.8) is 0 Å². The highest BCUT2D eigenvalue weighted by Gasteiger charge is 2.33. The average molecular weight is 239 g/mol. The van der Waals surface area contributed by atoms with Gasteiger partial charge in [-0.05, 0) is 25.0 Å². The fourth-order valence-corrected chi connectivity index (χ4v) is 1.68. The molecule has 0 atom stereocenters. The Morgan fingerprint density at radius 2 is 2.00 bits per heavy atom. The van der Waals surface area contributed by atoms with Gasteiger partial charge in [0.1, 0.15) is 0 Å². The van der Waals surface area contributed by atoms with Crippen molar-refractivity contribution in [2.75, 3.05) is 7.11 Å². The second-order valence-electron chi connectivity index (χ2n) is 4.01. The summed E-state index contributed by atoms with van der Waals surface area (Å²) >= 11 is 0. The Bertz CT molecular complexity index is 414. The fraction of sp³-hybridized carbons (Fsp3) is 0.462. The van der Waals surface area contributed by atoms with E-state index in [0.29, 0.717) is 12.8 Å². The van der Waals surface area contributed by atoms with Crippen LogP contribution in [0, 0.1) is 5.82 Å². The normalized spacial score (nSPS) is 11.4. The van der Waals surface area contributed by atoms with E-state index in [0.717, 1.165) is 0 Å². The molecule has 0 saturated carbocycles. The van der Waals surface area contributed by atoms with Crippen LogP contribution in [-0.2, 0) is 0 Å². The summed E-state index contributed by atoms with van der Waals surface area (Å²) in [6, 6.07) is 4.50. The van der Waals surface area contributed by atoms with Crippen molar-refractivity contribution in [2.24, 2.45) is 5.73 Å². The molecule has 0 unspecified atom stereocenters. The summed E-state index contributed by atoms with van der Waals surface area (Å²) in [5.41, 5.74) is 4.96. The summed E-state index contributed by atoms with van der Waals surface area (Å²) in [4.78, 5) is 12.2. The zero-order valence-corrected chi connectivity index (χ0v) is 10.4. The maximum Gasteiger partial charge on any atom is 0.185 e. The molecule has 1 aromatic carbocycles. The average Bonchev–Trinajstić information content (AvgIpc) is 2.37. The maximum atomic E-state index is 13.9. The molecule has 94 valence electrons. The number of methoxy groups -OCH3 is 1. The van der Waals surface area contributed by atoms with Gasteiger partial charge in [-0.2, -0.15) is 0 Å². The van der Waals surface area contributed by atoms with Crippen molar-refractivity contribution < 1.29 is 13.9 Å². The highest BCUT2D eigenvalue weighted by Crippen LogP contribution is 2.25. The number of carbonyl (C=O) groups excluding carboxylic acids is 1. The van der Waals surface area contributed by atoms with Gasteiger partial charge in [-0.3, -0.25) is 4.79 Å². The zero-order chi connectivity index (χ0) is 13.1.